The first kappa shape index (κ1) is 15.0. The predicted molar refractivity (Wildman–Crippen MR) is 90.8 cm³/mol. The lowest BCUT2D eigenvalue weighted by Crippen LogP contribution is -2.18. The van der Waals surface area contributed by atoms with Crippen molar-refractivity contribution >= 4 is 23.1 Å². The third-order valence-electron chi connectivity index (χ3n) is 3.79. The maximum atomic E-state index is 5.52. The lowest BCUT2D eigenvalue weighted by molar-refractivity contribution is 0.0999. The van der Waals surface area contributed by atoms with Crippen LogP contribution in [0.5, 0.6) is 0 Å². The summed E-state index contributed by atoms with van der Waals surface area (Å²) in [6.07, 6.45) is 3.83. The molecule has 0 unspecified atom stereocenters. The SMILES string of the molecule is c1coc(Cn2c(SC3CCOCC3)nnc2-c2cccs2)c1. The van der Waals surface area contributed by atoms with Crippen LogP contribution >= 0.6 is 23.1 Å². The highest BCUT2D eigenvalue weighted by atomic mass is 32.2. The van der Waals surface area contributed by atoms with Crippen molar-refractivity contribution in [2.24, 2.45) is 0 Å². The van der Waals surface area contributed by atoms with E-state index in [1.54, 1.807) is 29.4 Å². The van der Waals surface area contributed by atoms with Gasteiger partial charge in [-0.2, -0.15) is 0 Å². The smallest absolute Gasteiger partial charge is 0.192 e. The zero-order chi connectivity index (χ0) is 15.5. The Kier molecular flexibility index (Phi) is 4.50. The summed E-state index contributed by atoms with van der Waals surface area (Å²) in [6, 6.07) is 8.02. The molecule has 1 fully saturated rings. The van der Waals surface area contributed by atoms with Crippen molar-refractivity contribution in [3.05, 3.63) is 41.7 Å². The van der Waals surface area contributed by atoms with Crippen molar-refractivity contribution in [2.75, 3.05) is 13.2 Å². The topological polar surface area (TPSA) is 53.1 Å². The quantitative estimate of drug-likeness (QED) is 0.700. The Labute approximate surface area is 142 Å². The van der Waals surface area contributed by atoms with Crippen LogP contribution in [0.15, 0.2) is 45.5 Å². The van der Waals surface area contributed by atoms with Gasteiger partial charge in [-0.05, 0) is 36.4 Å². The number of thiophene rings is 1. The largest absolute Gasteiger partial charge is 0.467 e. The number of rotatable bonds is 5. The monoisotopic (exact) mass is 347 g/mol. The normalized spacial score (nSPS) is 16.0. The van der Waals surface area contributed by atoms with Crippen LogP contribution in [0.4, 0.5) is 0 Å². The molecule has 3 aromatic heterocycles. The van der Waals surface area contributed by atoms with Gasteiger partial charge in [-0.3, -0.25) is 4.57 Å². The fraction of sp³-hybridized carbons (Fsp3) is 0.375. The highest BCUT2D eigenvalue weighted by Gasteiger charge is 2.21. The molecule has 0 bridgehead atoms. The van der Waals surface area contributed by atoms with Gasteiger partial charge in [0.15, 0.2) is 11.0 Å². The lowest BCUT2D eigenvalue weighted by Gasteiger charge is -2.21. The van der Waals surface area contributed by atoms with Gasteiger partial charge in [0, 0.05) is 18.5 Å². The van der Waals surface area contributed by atoms with Gasteiger partial charge in [0.2, 0.25) is 0 Å². The number of aromatic nitrogens is 3. The van der Waals surface area contributed by atoms with Crippen LogP contribution in [0, 0.1) is 0 Å². The zero-order valence-corrected chi connectivity index (χ0v) is 14.2. The Bertz CT molecular complexity index is 732. The summed E-state index contributed by atoms with van der Waals surface area (Å²) in [7, 11) is 0. The first-order chi connectivity index (χ1) is 11.4. The number of thioether (sulfide) groups is 1. The molecule has 0 atom stereocenters. The number of ether oxygens (including phenoxy) is 1. The van der Waals surface area contributed by atoms with Gasteiger partial charge in [-0.1, -0.05) is 17.8 Å². The average molecular weight is 347 g/mol. The average Bonchev–Trinajstić information content (AvgIpc) is 3.32. The molecule has 0 saturated carbocycles. The molecule has 5 nitrogen and oxygen atoms in total. The maximum Gasteiger partial charge on any atom is 0.192 e. The molecule has 0 amide bonds. The number of hydrogen-bond acceptors (Lipinski definition) is 6. The lowest BCUT2D eigenvalue weighted by atomic mass is 10.2. The summed E-state index contributed by atoms with van der Waals surface area (Å²) in [5.41, 5.74) is 0. The second kappa shape index (κ2) is 6.90. The third kappa shape index (κ3) is 3.36. The second-order valence-electron chi connectivity index (χ2n) is 5.38. The molecular weight excluding hydrogens is 330 g/mol. The molecule has 0 N–H and O–H groups in total. The van der Waals surface area contributed by atoms with E-state index in [-0.39, 0.29) is 0 Å². The van der Waals surface area contributed by atoms with Crippen molar-refractivity contribution < 1.29 is 9.15 Å². The van der Waals surface area contributed by atoms with Crippen LogP contribution in [0.1, 0.15) is 18.6 Å². The molecule has 0 aliphatic carbocycles. The minimum absolute atomic E-state index is 0.541. The molecule has 1 aliphatic rings. The summed E-state index contributed by atoms with van der Waals surface area (Å²) in [5.74, 6) is 1.82. The summed E-state index contributed by atoms with van der Waals surface area (Å²) >= 11 is 3.48. The van der Waals surface area contributed by atoms with Crippen molar-refractivity contribution in [1.29, 1.82) is 0 Å². The Morgan fingerprint density at radius 1 is 1.22 bits per heavy atom. The van der Waals surface area contributed by atoms with Gasteiger partial charge >= 0.3 is 0 Å². The van der Waals surface area contributed by atoms with Gasteiger partial charge in [0.1, 0.15) is 5.76 Å². The van der Waals surface area contributed by atoms with Crippen molar-refractivity contribution in [1.82, 2.24) is 14.8 Å². The third-order valence-corrected chi connectivity index (χ3v) is 5.98. The van der Waals surface area contributed by atoms with E-state index < -0.39 is 0 Å². The van der Waals surface area contributed by atoms with E-state index in [1.165, 1.54) is 0 Å². The molecule has 120 valence electrons. The van der Waals surface area contributed by atoms with E-state index >= 15 is 0 Å². The van der Waals surface area contributed by atoms with E-state index in [0.29, 0.717) is 11.8 Å². The van der Waals surface area contributed by atoms with Gasteiger partial charge in [0.05, 0.1) is 17.7 Å². The number of furan rings is 1. The number of hydrogen-bond donors (Lipinski definition) is 0. The van der Waals surface area contributed by atoms with Crippen molar-refractivity contribution in [3.63, 3.8) is 0 Å². The molecule has 4 rings (SSSR count). The second-order valence-corrected chi connectivity index (χ2v) is 7.59. The van der Waals surface area contributed by atoms with Gasteiger partial charge in [-0.25, -0.2) is 0 Å². The van der Waals surface area contributed by atoms with Gasteiger partial charge in [-0.15, -0.1) is 21.5 Å². The molecule has 0 spiro atoms. The predicted octanol–water partition coefficient (Wildman–Crippen LogP) is 3.92. The van der Waals surface area contributed by atoms with Crippen molar-refractivity contribution in [3.8, 4) is 10.7 Å². The molecule has 23 heavy (non-hydrogen) atoms. The molecule has 3 aromatic rings. The van der Waals surface area contributed by atoms with Crippen LogP contribution in [0.2, 0.25) is 0 Å². The first-order valence-electron chi connectivity index (χ1n) is 7.64. The summed E-state index contributed by atoms with van der Waals surface area (Å²) < 4.78 is 13.1. The van der Waals surface area contributed by atoms with Gasteiger partial charge in [0.25, 0.3) is 0 Å². The van der Waals surface area contributed by atoms with Crippen LogP contribution < -0.4 is 0 Å². The highest BCUT2D eigenvalue weighted by molar-refractivity contribution is 7.99. The molecule has 1 aliphatic heterocycles. The highest BCUT2D eigenvalue weighted by Crippen LogP contribution is 2.32. The standard InChI is InChI=1S/C16H17N3O2S2/c1-3-12(21-7-1)11-19-15(14-4-2-10-22-14)17-18-16(19)23-13-5-8-20-9-6-13/h1-4,7,10,13H,5-6,8-9,11H2. The molecule has 1 saturated heterocycles. The molecule has 7 heteroatoms. The van der Waals surface area contributed by atoms with E-state index in [4.69, 9.17) is 9.15 Å². The number of nitrogens with zero attached hydrogens (tertiary/aromatic N) is 3. The Balaban J connectivity index is 1.64. The van der Waals surface area contributed by atoms with E-state index in [9.17, 15) is 0 Å². The Morgan fingerprint density at radius 2 is 2.13 bits per heavy atom. The summed E-state index contributed by atoms with van der Waals surface area (Å²) in [5, 5.41) is 12.4. The Hall–Kier alpha value is -1.57. The summed E-state index contributed by atoms with van der Waals surface area (Å²) in [6.45, 7) is 2.32. The zero-order valence-electron chi connectivity index (χ0n) is 12.6. The van der Waals surface area contributed by atoms with Crippen LogP contribution in [0.25, 0.3) is 10.7 Å². The molecule has 0 radical (unpaired) electrons. The summed E-state index contributed by atoms with van der Waals surface area (Å²) in [4.78, 5) is 1.13. The molecular formula is C16H17N3O2S2. The maximum absolute atomic E-state index is 5.52. The van der Waals surface area contributed by atoms with E-state index in [2.05, 4.69) is 26.2 Å². The van der Waals surface area contributed by atoms with Crippen molar-refractivity contribution in [2.45, 2.75) is 29.8 Å². The minimum Gasteiger partial charge on any atom is -0.467 e. The molecule has 4 heterocycles. The fourth-order valence-corrected chi connectivity index (χ4v) is 4.42. The first-order valence-corrected chi connectivity index (χ1v) is 9.40. The van der Waals surface area contributed by atoms with Crippen LogP contribution in [-0.2, 0) is 11.3 Å². The Morgan fingerprint density at radius 3 is 2.87 bits per heavy atom. The van der Waals surface area contributed by atoms with Gasteiger partial charge < -0.3 is 9.15 Å². The van der Waals surface area contributed by atoms with Crippen LogP contribution in [-0.4, -0.2) is 33.2 Å². The fourth-order valence-electron chi connectivity index (χ4n) is 2.61. The van der Waals surface area contributed by atoms with E-state index in [0.717, 1.165) is 47.7 Å². The molecule has 0 aromatic carbocycles. The van der Waals surface area contributed by atoms with Crippen LogP contribution in [0.3, 0.4) is 0 Å². The van der Waals surface area contributed by atoms with E-state index in [1.807, 2.05) is 18.2 Å². The minimum atomic E-state index is 0.541.